The molecule has 0 saturated heterocycles. The number of aliphatic imine (C=N–C) groups is 1. The first kappa shape index (κ1) is 20.6. The van der Waals surface area contributed by atoms with Gasteiger partial charge in [0, 0.05) is 54.9 Å². The van der Waals surface area contributed by atoms with Crippen molar-refractivity contribution in [3.63, 3.8) is 0 Å². The Morgan fingerprint density at radius 2 is 1.71 bits per heavy atom. The normalized spacial score (nSPS) is 19.3. The van der Waals surface area contributed by atoms with Crippen LogP contribution in [0.2, 0.25) is 10.0 Å². The number of fused-ring (bicyclic) bond motifs is 2. The van der Waals surface area contributed by atoms with Crippen molar-refractivity contribution in [1.29, 1.82) is 0 Å². The van der Waals surface area contributed by atoms with Crippen LogP contribution in [0.1, 0.15) is 24.0 Å². The van der Waals surface area contributed by atoms with Crippen LogP contribution in [0.15, 0.2) is 64.8 Å². The van der Waals surface area contributed by atoms with Gasteiger partial charge >= 0.3 is 0 Å². The van der Waals surface area contributed by atoms with Gasteiger partial charge in [0.1, 0.15) is 0 Å². The molecule has 0 saturated carbocycles. The molecule has 0 bridgehead atoms. The Hall–Kier alpha value is -2.34. The van der Waals surface area contributed by atoms with E-state index in [1.165, 1.54) is 0 Å². The lowest BCUT2D eigenvalue weighted by molar-refractivity contribution is -0.125. The van der Waals surface area contributed by atoms with Crippen LogP contribution in [0.4, 0.5) is 0 Å². The first-order chi connectivity index (χ1) is 15.1. The molecule has 3 heterocycles. The van der Waals surface area contributed by atoms with E-state index < -0.39 is 0 Å². The van der Waals surface area contributed by atoms with Gasteiger partial charge in [-0.2, -0.15) is 0 Å². The zero-order valence-corrected chi connectivity index (χ0v) is 18.7. The summed E-state index contributed by atoms with van der Waals surface area (Å²) in [5.74, 6) is 0.888. The SMILES string of the molecule is O=C1C2=C(CCN(Cc3cc(Cl)cc(Cl)c3)C2)N2CCCN=C2N1Cc1ccccc1. The fourth-order valence-electron chi connectivity index (χ4n) is 4.64. The molecular formula is C24H24Cl2N4O. The lowest BCUT2D eigenvalue weighted by Gasteiger charge is -2.45. The lowest BCUT2D eigenvalue weighted by atomic mass is 9.99. The minimum absolute atomic E-state index is 0.0737. The highest BCUT2D eigenvalue weighted by atomic mass is 35.5. The molecule has 2 aromatic carbocycles. The minimum Gasteiger partial charge on any atom is -0.315 e. The van der Waals surface area contributed by atoms with Gasteiger partial charge < -0.3 is 4.90 Å². The Labute approximate surface area is 192 Å². The number of nitrogens with zero attached hydrogens (tertiary/aromatic N) is 4. The molecule has 3 aliphatic heterocycles. The van der Waals surface area contributed by atoms with Crippen LogP contribution in [0.25, 0.3) is 0 Å². The zero-order valence-electron chi connectivity index (χ0n) is 17.2. The summed E-state index contributed by atoms with van der Waals surface area (Å²) >= 11 is 12.4. The maximum absolute atomic E-state index is 13.6. The number of amides is 1. The molecule has 0 spiro atoms. The number of hydrogen-bond acceptors (Lipinski definition) is 4. The van der Waals surface area contributed by atoms with Crippen molar-refractivity contribution >= 4 is 35.1 Å². The number of rotatable bonds is 4. The maximum atomic E-state index is 13.6. The van der Waals surface area contributed by atoms with E-state index in [2.05, 4.69) is 21.9 Å². The van der Waals surface area contributed by atoms with Gasteiger partial charge in [0.25, 0.3) is 5.91 Å². The average molecular weight is 455 g/mol. The number of hydrogen-bond donors (Lipinski definition) is 0. The molecule has 5 rings (SSSR count). The van der Waals surface area contributed by atoms with Gasteiger partial charge in [-0.3, -0.25) is 19.6 Å². The molecule has 1 amide bonds. The fourth-order valence-corrected chi connectivity index (χ4v) is 5.21. The van der Waals surface area contributed by atoms with Gasteiger partial charge in [0.05, 0.1) is 12.1 Å². The smallest absolute Gasteiger partial charge is 0.259 e. The van der Waals surface area contributed by atoms with Gasteiger partial charge in [-0.1, -0.05) is 53.5 Å². The molecule has 0 radical (unpaired) electrons. The summed E-state index contributed by atoms with van der Waals surface area (Å²) in [6.07, 6.45) is 1.85. The van der Waals surface area contributed by atoms with Gasteiger partial charge in [0.15, 0.2) is 0 Å². The molecule has 31 heavy (non-hydrogen) atoms. The predicted molar refractivity (Wildman–Crippen MR) is 124 cm³/mol. The summed E-state index contributed by atoms with van der Waals surface area (Å²) in [6, 6.07) is 15.7. The number of benzene rings is 2. The Balaban J connectivity index is 1.42. The van der Waals surface area contributed by atoms with Crippen molar-refractivity contribution in [2.24, 2.45) is 4.99 Å². The first-order valence-corrected chi connectivity index (χ1v) is 11.4. The maximum Gasteiger partial charge on any atom is 0.259 e. The monoisotopic (exact) mass is 454 g/mol. The summed E-state index contributed by atoms with van der Waals surface area (Å²) in [4.78, 5) is 24.8. The minimum atomic E-state index is 0.0737. The summed E-state index contributed by atoms with van der Waals surface area (Å²) in [7, 11) is 0. The summed E-state index contributed by atoms with van der Waals surface area (Å²) in [5, 5.41) is 1.27. The molecular weight excluding hydrogens is 431 g/mol. The Kier molecular flexibility index (Phi) is 5.74. The Morgan fingerprint density at radius 1 is 0.935 bits per heavy atom. The van der Waals surface area contributed by atoms with Gasteiger partial charge in [-0.15, -0.1) is 0 Å². The van der Waals surface area contributed by atoms with Crippen molar-refractivity contribution in [2.45, 2.75) is 25.9 Å². The van der Waals surface area contributed by atoms with E-state index in [0.29, 0.717) is 29.7 Å². The molecule has 7 heteroatoms. The van der Waals surface area contributed by atoms with Crippen LogP contribution in [-0.2, 0) is 17.9 Å². The highest BCUT2D eigenvalue weighted by Gasteiger charge is 2.40. The summed E-state index contributed by atoms with van der Waals surface area (Å²) in [5.41, 5.74) is 4.20. The van der Waals surface area contributed by atoms with Crippen LogP contribution in [-0.4, -0.2) is 52.7 Å². The molecule has 0 aliphatic carbocycles. The molecule has 0 atom stereocenters. The van der Waals surface area contributed by atoms with E-state index in [1.807, 2.05) is 35.2 Å². The quantitative estimate of drug-likeness (QED) is 0.679. The highest BCUT2D eigenvalue weighted by molar-refractivity contribution is 6.34. The number of guanidine groups is 1. The second-order valence-corrected chi connectivity index (χ2v) is 9.10. The summed E-state index contributed by atoms with van der Waals surface area (Å²) < 4.78 is 0. The lowest BCUT2D eigenvalue weighted by Crippen LogP contribution is -2.56. The molecule has 0 N–H and O–H groups in total. The molecule has 0 aromatic heterocycles. The summed E-state index contributed by atoms with van der Waals surface area (Å²) in [6.45, 7) is 4.44. The van der Waals surface area contributed by atoms with Gasteiger partial charge in [-0.05, 0) is 35.7 Å². The van der Waals surface area contributed by atoms with Crippen molar-refractivity contribution in [1.82, 2.24) is 14.7 Å². The topological polar surface area (TPSA) is 39.2 Å². The van der Waals surface area contributed by atoms with E-state index >= 15 is 0 Å². The van der Waals surface area contributed by atoms with Crippen molar-refractivity contribution in [3.05, 3.63) is 81.0 Å². The molecule has 0 unspecified atom stereocenters. The third kappa shape index (κ3) is 4.22. The predicted octanol–water partition coefficient (Wildman–Crippen LogP) is 4.56. The average Bonchev–Trinajstić information content (AvgIpc) is 2.77. The van der Waals surface area contributed by atoms with E-state index in [0.717, 1.165) is 60.8 Å². The van der Waals surface area contributed by atoms with Crippen LogP contribution >= 0.6 is 23.2 Å². The van der Waals surface area contributed by atoms with Crippen LogP contribution in [0.5, 0.6) is 0 Å². The van der Waals surface area contributed by atoms with Gasteiger partial charge in [0.2, 0.25) is 5.96 Å². The van der Waals surface area contributed by atoms with Crippen molar-refractivity contribution < 1.29 is 4.79 Å². The van der Waals surface area contributed by atoms with Crippen molar-refractivity contribution in [3.8, 4) is 0 Å². The van der Waals surface area contributed by atoms with Crippen molar-refractivity contribution in [2.75, 3.05) is 26.2 Å². The third-order valence-electron chi connectivity index (χ3n) is 6.01. The zero-order chi connectivity index (χ0) is 21.4. The van der Waals surface area contributed by atoms with Crippen LogP contribution in [0, 0.1) is 0 Å². The molecule has 0 fully saturated rings. The first-order valence-electron chi connectivity index (χ1n) is 10.7. The van der Waals surface area contributed by atoms with E-state index in [1.54, 1.807) is 6.07 Å². The molecule has 3 aliphatic rings. The fraction of sp³-hybridized carbons (Fsp3) is 0.333. The van der Waals surface area contributed by atoms with E-state index in [9.17, 15) is 4.79 Å². The Morgan fingerprint density at radius 3 is 2.48 bits per heavy atom. The number of carbonyl (C=O) groups is 1. The molecule has 2 aromatic rings. The number of halogens is 2. The standard InChI is InChI=1S/C24H24Cl2N4O/c25-19-11-18(12-20(26)13-19)14-28-10-7-22-21(16-28)23(31)30(15-17-5-2-1-3-6-17)24-27-8-4-9-29(22)24/h1-3,5-6,11-13H,4,7-10,14-16H2. The van der Waals surface area contributed by atoms with Gasteiger partial charge in [-0.25, -0.2) is 0 Å². The Bertz CT molecular complexity index is 1050. The molecule has 160 valence electrons. The van der Waals surface area contributed by atoms with E-state index in [-0.39, 0.29) is 5.91 Å². The van der Waals surface area contributed by atoms with E-state index in [4.69, 9.17) is 28.2 Å². The van der Waals surface area contributed by atoms with Crippen LogP contribution < -0.4 is 0 Å². The second-order valence-electron chi connectivity index (χ2n) is 8.23. The highest BCUT2D eigenvalue weighted by Crippen LogP contribution is 2.32. The number of carbonyl (C=O) groups excluding carboxylic acids is 1. The third-order valence-corrected chi connectivity index (χ3v) is 6.45. The van der Waals surface area contributed by atoms with Crippen LogP contribution in [0.3, 0.4) is 0 Å². The largest absolute Gasteiger partial charge is 0.315 e. The second kappa shape index (κ2) is 8.65. The molecule has 5 nitrogen and oxygen atoms in total.